The van der Waals surface area contributed by atoms with E-state index < -0.39 is 0 Å². The molecule has 2 aliphatic rings. The maximum atomic E-state index is 6.41. The van der Waals surface area contributed by atoms with E-state index in [1.165, 1.54) is 41.6 Å². The van der Waals surface area contributed by atoms with Crippen molar-refractivity contribution >= 4 is 5.69 Å². The Hall–Kier alpha value is -1.80. The summed E-state index contributed by atoms with van der Waals surface area (Å²) < 4.78 is 6.41. The van der Waals surface area contributed by atoms with Gasteiger partial charge in [-0.1, -0.05) is 49.4 Å². The van der Waals surface area contributed by atoms with Crippen LogP contribution in [-0.2, 0) is 11.2 Å². The van der Waals surface area contributed by atoms with Gasteiger partial charge in [0.25, 0.3) is 0 Å². The van der Waals surface area contributed by atoms with Crippen molar-refractivity contribution in [2.24, 2.45) is 0 Å². The highest BCUT2D eigenvalue weighted by molar-refractivity contribution is 5.59. The minimum Gasteiger partial charge on any atom is -0.372 e. The van der Waals surface area contributed by atoms with E-state index in [4.69, 9.17) is 4.74 Å². The number of benzene rings is 2. The molecule has 2 nitrogen and oxygen atoms in total. The van der Waals surface area contributed by atoms with Crippen molar-refractivity contribution in [2.45, 2.75) is 64.0 Å². The van der Waals surface area contributed by atoms with E-state index in [1.54, 1.807) is 0 Å². The van der Waals surface area contributed by atoms with Crippen molar-refractivity contribution in [3.8, 4) is 0 Å². The topological polar surface area (TPSA) is 12.5 Å². The predicted molar refractivity (Wildman–Crippen MR) is 109 cm³/mol. The molecule has 0 aromatic heterocycles. The zero-order valence-electron chi connectivity index (χ0n) is 16.4. The Morgan fingerprint density at radius 1 is 1.04 bits per heavy atom. The molecule has 1 heterocycles. The first kappa shape index (κ1) is 17.6. The van der Waals surface area contributed by atoms with Gasteiger partial charge in [0, 0.05) is 17.8 Å². The molecule has 0 N–H and O–H groups in total. The highest BCUT2D eigenvalue weighted by Gasteiger charge is 2.35. The van der Waals surface area contributed by atoms with Crippen LogP contribution >= 0.6 is 0 Å². The number of ether oxygens (including phenoxy) is 1. The van der Waals surface area contributed by atoms with E-state index in [0.29, 0.717) is 5.92 Å². The van der Waals surface area contributed by atoms with Gasteiger partial charge in [-0.3, -0.25) is 0 Å². The Morgan fingerprint density at radius 3 is 2.62 bits per heavy atom. The second kappa shape index (κ2) is 7.08. The third-order valence-electron chi connectivity index (χ3n) is 6.24. The number of aryl methyl sites for hydroxylation is 1. The van der Waals surface area contributed by atoms with E-state index in [2.05, 4.69) is 74.2 Å². The van der Waals surface area contributed by atoms with Crippen LogP contribution in [0.2, 0.25) is 0 Å². The second-order valence-corrected chi connectivity index (χ2v) is 8.58. The highest BCUT2D eigenvalue weighted by atomic mass is 16.5. The molecular weight excluding hydrogens is 318 g/mol. The molecule has 0 bridgehead atoms. The van der Waals surface area contributed by atoms with Crippen molar-refractivity contribution in [1.29, 1.82) is 0 Å². The lowest BCUT2D eigenvalue weighted by molar-refractivity contribution is 0.0431. The Bertz CT molecular complexity index is 766. The second-order valence-electron chi connectivity index (χ2n) is 8.58. The first-order valence-corrected chi connectivity index (χ1v) is 10.1. The number of para-hydroxylation sites is 1. The molecule has 0 saturated heterocycles. The lowest BCUT2D eigenvalue weighted by Crippen LogP contribution is -2.49. The van der Waals surface area contributed by atoms with Gasteiger partial charge in [-0.05, 0) is 68.2 Å². The molecule has 2 heteroatoms. The van der Waals surface area contributed by atoms with E-state index >= 15 is 0 Å². The molecule has 0 amide bonds. The van der Waals surface area contributed by atoms with Gasteiger partial charge in [0.1, 0.15) is 0 Å². The lowest BCUT2D eigenvalue weighted by Gasteiger charge is -2.47. The Morgan fingerprint density at radius 2 is 1.77 bits per heavy atom. The molecule has 26 heavy (non-hydrogen) atoms. The fourth-order valence-corrected chi connectivity index (χ4v) is 5.04. The first-order valence-electron chi connectivity index (χ1n) is 10.1. The zero-order valence-corrected chi connectivity index (χ0v) is 16.4. The Balaban J connectivity index is 1.47. The van der Waals surface area contributed by atoms with E-state index in [1.807, 2.05) is 0 Å². The van der Waals surface area contributed by atoms with Crippen LogP contribution in [0.3, 0.4) is 0 Å². The van der Waals surface area contributed by atoms with Gasteiger partial charge in [-0.2, -0.15) is 0 Å². The molecule has 0 radical (unpaired) electrons. The Labute approximate surface area is 158 Å². The number of hydrogen-bond donors (Lipinski definition) is 0. The van der Waals surface area contributed by atoms with E-state index in [0.717, 1.165) is 19.6 Å². The van der Waals surface area contributed by atoms with Crippen molar-refractivity contribution < 1.29 is 4.74 Å². The van der Waals surface area contributed by atoms with Crippen molar-refractivity contribution in [3.05, 3.63) is 65.2 Å². The van der Waals surface area contributed by atoms with Gasteiger partial charge in [0.05, 0.1) is 12.7 Å². The van der Waals surface area contributed by atoms with Crippen LogP contribution in [0.4, 0.5) is 5.69 Å². The molecule has 0 saturated carbocycles. The van der Waals surface area contributed by atoms with Crippen LogP contribution < -0.4 is 4.90 Å². The summed E-state index contributed by atoms with van der Waals surface area (Å²) in [6, 6.07) is 17.7. The summed E-state index contributed by atoms with van der Waals surface area (Å²) in [7, 11) is 0. The first-order chi connectivity index (χ1) is 12.6. The van der Waals surface area contributed by atoms with Crippen LogP contribution in [0.5, 0.6) is 0 Å². The van der Waals surface area contributed by atoms with Crippen LogP contribution in [0.25, 0.3) is 0 Å². The monoisotopic (exact) mass is 349 g/mol. The summed E-state index contributed by atoms with van der Waals surface area (Å²) in [5.74, 6) is 0.614. The van der Waals surface area contributed by atoms with E-state index in [9.17, 15) is 0 Å². The fourth-order valence-electron chi connectivity index (χ4n) is 5.04. The van der Waals surface area contributed by atoms with E-state index in [-0.39, 0.29) is 11.6 Å². The molecule has 2 atom stereocenters. The average Bonchev–Trinajstić information content (AvgIpc) is 2.64. The zero-order chi connectivity index (χ0) is 18.1. The third-order valence-corrected chi connectivity index (χ3v) is 6.24. The average molecular weight is 350 g/mol. The SMILES string of the molecule is CC1CC(C)(C)N(CCOC2CCCc3ccccc32)c2ccccc21. The molecule has 1 aliphatic heterocycles. The maximum Gasteiger partial charge on any atom is 0.0828 e. The number of hydrogen-bond acceptors (Lipinski definition) is 2. The van der Waals surface area contributed by atoms with Crippen LogP contribution in [0.15, 0.2) is 48.5 Å². The Kier molecular flexibility index (Phi) is 4.79. The van der Waals surface area contributed by atoms with Crippen molar-refractivity contribution in [2.75, 3.05) is 18.1 Å². The quantitative estimate of drug-likeness (QED) is 0.684. The van der Waals surface area contributed by atoms with Crippen LogP contribution in [0, 0.1) is 0 Å². The largest absolute Gasteiger partial charge is 0.372 e. The number of rotatable bonds is 4. The summed E-state index contributed by atoms with van der Waals surface area (Å²) in [6.07, 6.45) is 5.03. The van der Waals surface area contributed by atoms with Gasteiger partial charge in [0.15, 0.2) is 0 Å². The number of nitrogens with zero attached hydrogens (tertiary/aromatic N) is 1. The molecule has 1 aliphatic carbocycles. The third kappa shape index (κ3) is 3.27. The minimum atomic E-state index is 0.168. The summed E-state index contributed by atoms with van der Waals surface area (Å²) in [5.41, 5.74) is 5.92. The number of fused-ring (bicyclic) bond motifs is 2. The summed E-state index contributed by atoms with van der Waals surface area (Å²) in [6.45, 7) is 8.83. The van der Waals surface area contributed by atoms with Crippen molar-refractivity contribution in [1.82, 2.24) is 0 Å². The normalized spacial score (nSPS) is 24.0. The summed E-state index contributed by atoms with van der Waals surface area (Å²) in [4.78, 5) is 2.57. The molecule has 2 aromatic carbocycles. The van der Waals surface area contributed by atoms with Gasteiger partial charge < -0.3 is 9.64 Å². The molecule has 138 valence electrons. The van der Waals surface area contributed by atoms with Gasteiger partial charge in [0.2, 0.25) is 0 Å². The minimum absolute atomic E-state index is 0.168. The lowest BCUT2D eigenvalue weighted by atomic mass is 9.80. The predicted octanol–water partition coefficient (Wildman–Crippen LogP) is 5.87. The van der Waals surface area contributed by atoms with Gasteiger partial charge >= 0.3 is 0 Å². The van der Waals surface area contributed by atoms with Crippen molar-refractivity contribution in [3.63, 3.8) is 0 Å². The summed E-state index contributed by atoms with van der Waals surface area (Å²) in [5, 5.41) is 0. The molecular formula is C24H31NO. The summed E-state index contributed by atoms with van der Waals surface area (Å²) >= 11 is 0. The smallest absolute Gasteiger partial charge is 0.0828 e. The van der Waals surface area contributed by atoms with Crippen LogP contribution in [0.1, 0.15) is 68.7 Å². The van der Waals surface area contributed by atoms with Gasteiger partial charge in [-0.15, -0.1) is 0 Å². The fraction of sp³-hybridized carbons (Fsp3) is 0.500. The maximum absolute atomic E-state index is 6.41. The molecule has 2 aromatic rings. The standard InChI is InChI=1S/C24H31NO/c1-18-17-24(2,3)25(22-13-7-6-11-20(18)22)15-16-26-23-14-8-10-19-9-4-5-12-21(19)23/h4-7,9,11-13,18,23H,8,10,14-17H2,1-3H3. The highest BCUT2D eigenvalue weighted by Crippen LogP contribution is 2.43. The van der Waals surface area contributed by atoms with Gasteiger partial charge in [-0.25, -0.2) is 0 Å². The van der Waals surface area contributed by atoms with Crippen LogP contribution in [-0.4, -0.2) is 18.7 Å². The molecule has 0 spiro atoms. The molecule has 2 unspecified atom stereocenters. The number of anilines is 1. The molecule has 4 rings (SSSR count). The molecule has 0 fully saturated rings.